The maximum atomic E-state index is 12.4. The SMILES string of the molecule is COC(=O)CNC(=O)Cc1nn(C(C)C)c(=O)c2ccccc12. The van der Waals surface area contributed by atoms with Gasteiger partial charge in [-0.1, -0.05) is 18.2 Å². The fourth-order valence-corrected chi connectivity index (χ4v) is 2.21. The summed E-state index contributed by atoms with van der Waals surface area (Å²) in [6, 6.07) is 6.92. The summed E-state index contributed by atoms with van der Waals surface area (Å²) in [4.78, 5) is 35.5. The van der Waals surface area contributed by atoms with Crippen LogP contribution in [0.5, 0.6) is 0 Å². The van der Waals surface area contributed by atoms with E-state index in [1.807, 2.05) is 13.8 Å². The number of carbonyl (C=O) groups excluding carboxylic acids is 2. The molecule has 122 valence electrons. The van der Waals surface area contributed by atoms with Crippen molar-refractivity contribution in [2.24, 2.45) is 0 Å². The van der Waals surface area contributed by atoms with E-state index in [-0.39, 0.29) is 30.5 Å². The molecule has 23 heavy (non-hydrogen) atoms. The molecule has 0 aliphatic carbocycles. The minimum atomic E-state index is -0.525. The number of benzene rings is 1. The molecule has 1 amide bonds. The van der Waals surface area contributed by atoms with Gasteiger partial charge in [0.15, 0.2) is 0 Å². The van der Waals surface area contributed by atoms with Crippen LogP contribution in [-0.4, -0.2) is 35.3 Å². The van der Waals surface area contributed by atoms with E-state index in [4.69, 9.17) is 0 Å². The van der Waals surface area contributed by atoms with Gasteiger partial charge in [0.25, 0.3) is 5.56 Å². The second-order valence-electron chi connectivity index (χ2n) is 5.37. The Morgan fingerprint density at radius 1 is 1.26 bits per heavy atom. The molecule has 0 saturated carbocycles. The summed E-state index contributed by atoms with van der Waals surface area (Å²) in [6.07, 6.45) is -0.0233. The molecule has 0 unspecified atom stereocenters. The second-order valence-corrected chi connectivity index (χ2v) is 5.37. The number of hydrogen-bond donors (Lipinski definition) is 1. The number of carbonyl (C=O) groups is 2. The Hall–Kier alpha value is -2.70. The first-order chi connectivity index (χ1) is 10.9. The minimum absolute atomic E-state index is 0.0233. The predicted molar refractivity (Wildman–Crippen MR) is 85.1 cm³/mol. The lowest BCUT2D eigenvalue weighted by atomic mass is 10.1. The van der Waals surface area contributed by atoms with Crippen molar-refractivity contribution in [3.63, 3.8) is 0 Å². The number of rotatable bonds is 5. The Bertz CT molecular complexity index is 796. The highest BCUT2D eigenvalue weighted by molar-refractivity contribution is 5.89. The maximum Gasteiger partial charge on any atom is 0.325 e. The van der Waals surface area contributed by atoms with Crippen molar-refractivity contribution in [2.45, 2.75) is 26.3 Å². The maximum absolute atomic E-state index is 12.4. The summed E-state index contributed by atoms with van der Waals surface area (Å²) in [5.41, 5.74) is 0.311. The topological polar surface area (TPSA) is 90.3 Å². The molecule has 1 N–H and O–H groups in total. The van der Waals surface area contributed by atoms with E-state index in [9.17, 15) is 14.4 Å². The van der Waals surface area contributed by atoms with Crippen molar-refractivity contribution in [1.29, 1.82) is 0 Å². The van der Waals surface area contributed by atoms with Gasteiger partial charge in [0.2, 0.25) is 5.91 Å². The largest absolute Gasteiger partial charge is 0.468 e. The number of nitrogens with zero attached hydrogens (tertiary/aromatic N) is 2. The van der Waals surface area contributed by atoms with E-state index in [1.54, 1.807) is 24.3 Å². The molecular weight excluding hydrogens is 298 g/mol. The number of esters is 1. The lowest BCUT2D eigenvalue weighted by Gasteiger charge is -2.13. The van der Waals surface area contributed by atoms with E-state index >= 15 is 0 Å². The first kappa shape index (κ1) is 16.7. The van der Waals surface area contributed by atoms with Gasteiger partial charge >= 0.3 is 5.97 Å². The van der Waals surface area contributed by atoms with E-state index < -0.39 is 5.97 Å². The Morgan fingerprint density at radius 3 is 2.52 bits per heavy atom. The van der Waals surface area contributed by atoms with Gasteiger partial charge in [-0.25, -0.2) is 4.68 Å². The molecule has 0 fully saturated rings. The van der Waals surface area contributed by atoms with Crippen LogP contribution in [0.2, 0.25) is 0 Å². The number of aromatic nitrogens is 2. The Labute approximate surface area is 133 Å². The molecule has 1 heterocycles. The summed E-state index contributed by atoms with van der Waals surface area (Å²) in [5, 5.41) is 7.94. The van der Waals surface area contributed by atoms with Gasteiger partial charge in [-0.05, 0) is 19.9 Å². The Kier molecular flexibility index (Phi) is 5.10. The standard InChI is InChI=1S/C16H19N3O4/c1-10(2)19-16(22)12-7-5-4-6-11(12)13(18-19)8-14(20)17-9-15(21)23-3/h4-7,10H,8-9H2,1-3H3,(H,17,20). The molecule has 0 bridgehead atoms. The van der Waals surface area contributed by atoms with Gasteiger partial charge in [-0.15, -0.1) is 0 Å². The normalized spacial score (nSPS) is 10.8. The Balaban J connectivity index is 2.36. The van der Waals surface area contributed by atoms with Gasteiger partial charge in [0.1, 0.15) is 6.54 Å². The van der Waals surface area contributed by atoms with Crippen LogP contribution in [0.1, 0.15) is 25.6 Å². The van der Waals surface area contributed by atoms with Crippen molar-refractivity contribution in [2.75, 3.05) is 13.7 Å². The lowest BCUT2D eigenvalue weighted by molar-refractivity contribution is -0.141. The zero-order valence-corrected chi connectivity index (χ0v) is 13.3. The third-order valence-corrected chi connectivity index (χ3v) is 3.38. The Morgan fingerprint density at radius 2 is 1.91 bits per heavy atom. The molecule has 0 aliphatic heterocycles. The zero-order chi connectivity index (χ0) is 17.0. The van der Waals surface area contributed by atoms with Gasteiger partial charge in [-0.3, -0.25) is 14.4 Å². The fraction of sp³-hybridized carbons (Fsp3) is 0.375. The number of nitrogens with one attached hydrogen (secondary N) is 1. The molecule has 1 aromatic heterocycles. The molecule has 7 heteroatoms. The zero-order valence-electron chi connectivity index (χ0n) is 13.3. The van der Waals surface area contributed by atoms with Crippen molar-refractivity contribution in [3.05, 3.63) is 40.3 Å². The molecule has 0 spiro atoms. The fourth-order valence-electron chi connectivity index (χ4n) is 2.21. The first-order valence-electron chi connectivity index (χ1n) is 7.28. The van der Waals surface area contributed by atoms with Crippen molar-refractivity contribution in [1.82, 2.24) is 15.1 Å². The molecule has 0 aliphatic rings. The number of amides is 1. The highest BCUT2D eigenvalue weighted by Gasteiger charge is 2.15. The van der Waals surface area contributed by atoms with Crippen molar-refractivity contribution >= 4 is 22.6 Å². The summed E-state index contributed by atoms with van der Waals surface area (Å²) in [5.74, 6) is -0.884. The smallest absolute Gasteiger partial charge is 0.325 e. The molecule has 1 aromatic carbocycles. The van der Waals surface area contributed by atoms with Crippen molar-refractivity contribution < 1.29 is 14.3 Å². The van der Waals surface area contributed by atoms with E-state index in [0.717, 1.165) is 0 Å². The van der Waals surface area contributed by atoms with Gasteiger partial charge in [0.05, 0.1) is 30.7 Å². The van der Waals surface area contributed by atoms with Crippen LogP contribution in [0.4, 0.5) is 0 Å². The van der Waals surface area contributed by atoms with Crippen LogP contribution in [0.25, 0.3) is 10.8 Å². The third kappa shape index (κ3) is 3.74. The second kappa shape index (κ2) is 7.04. The summed E-state index contributed by atoms with van der Waals surface area (Å²) in [6.45, 7) is 3.51. The summed E-state index contributed by atoms with van der Waals surface area (Å²) < 4.78 is 5.84. The van der Waals surface area contributed by atoms with Crippen LogP contribution >= 0.6 is 0 Å². The summed E-state index contributed by atoms with van der Waals surface area (Å²) >= 11 is 0. The van der Waals surface area contributed by atoms with E-state index in [0.29, 0.717) is 16.5 Å². The quantitative estimate of drug-likeness (QED) is 0.824. The van der Waals surface area contributed by atoms with Crippen LogP contribution < -0.4 is 10.9 Å². The molecule has 2 aromatic rings. The highest BCUT2D eigenvalue weighted by atomic mass is 16.5. The van der Waals surface area contributed by atoms with Crippen LogP contribution in [0.3, 0.4) is 0 Å². The molecular formula is C16H19N3O4. The lowest BCUT2D eigenvalue weighted by Crippen LogP contribution is -2.33. The van der Waals surface area contributed by atoms with Crippen LogP contribution in [0.15, 0.2) is 29.1 Å². The number of hydrogen-bond acceptors (Lipinski definition) is 5. The molecule has 7 nitrogen and oxygen atoms in total. The predicted octanol–water partition coefficient (Wildman–Crippen LogP) is 0.809. The number of methoxy groups -OCH3 is 1. The molecule has 2 rings (SSSR count). The number of fused-ring (bicyclic) bond motifs is 1. The first-order valence-corrected chi connectivity index (χ1v) is 7.28. The monoisotopic (exact) mass is 317 g/mol. The molecule has 0 saturated heterocycles. The third-order valence-electron chi connectivity index (χ3n) is 3.38. The minimum Gasteiger partial charge on any atom is -0.468 e. The van der Waals surface area contributed by atoms with E-state index in [1.165, 1.54) is 11.8 Å². The van der Waals surface area contributed by atoms with Gasteiger partial charge in [0, 0.05) is 5.39 Å². The molecule has 0 atom stereocenters. The van der Waals surface area contributed by atoms with Crippen LogP contribution in [0, 0.1) is 0 Å². The van der Waals surface area contributed by atoms with Crippen LogP contribution in [-0.2, 0) is 20.7 Å². The van der Waals surface area contributed by atoms with Crippen molar-refractivity contribution in [3.8, 4) is 0 Å². The van der Waals surface area contributed by atoms with Gasteiger partial charge < -0.3 is 10.1 Å². The van der Waals surface area contributed by atoms with Gasteiger partial charge in [-0.2, -0.15) is 5.10 Å². The van der Waals surface area contributed by atoms with E-state index in [2.05, 4.69) is 15.2 Å². The highest BCUT2D eigenvalue weighted by Crippen LogP contribution is 2.15. The number of ether oxygens (including phenoxy) is 1. The summed E-state index contributed by atoms with van der Waals surface area (Å²) in [7, 11) is 1.25. The molecule has 0 radical (unpaired) electrons. The average molecular weight is 317 g/mol. The average Bonchev–Trinajstić information content (AvgIpc) is 2.55.